The van der Waals surface area contributed by atoms with Crippen molar-refractivity contribution in [1.29, 1.82) is 0 Å². The van der Waals surface area contributed by atoms with E-state index in [1.165, 1.54) is 11.3 Å². The zero-order valence-electron chi connectivity index (χ0n) is 12.9. The molecule has 0 aliphatic heterocycles. The zero-order valence-corrected chi connectivity index (χ0v) is 14.5. The van der Waals surface area contributed by atoms with Gasteiger partial charge in [0.1, 0.15) is 16.5 Å². The molecule has 1 amide bonds. The lowest BCUT2D eigenvalue weighted by Gasteiger charge is -2.04. The number of nitrogens with zero attached hydrogens (tertiary/aromatic N) is 3. The number of imidazole rings is 1. The van der Waals surface area contributed by atoms with Crippen LogP contribution >= 0.6 is 22.7 Å². The number of nitrogens with one attached hydrogen (secondary N) is 1. The highest BCUT2D eigenvalue weighted by Gasteiger charge is 2.13. The smallest absolute Gasteiger partial charge is 0.271 e. The Morgan fingerprint density at radius 3 is 2.88 bits per heavy atom. The Morgan fingerprint density at radius 2 is 2.08 bits per heavy atom. The molecule has 0 spiro atoms. The molecule has 0 unspecified atom stereocenters. The lowest BCUT2D eigenvalue weighted by Crippen LogP contribution is -2.24. The van der Waals surface area contributed by atoms with E-state index < -0.39 is 0 Å². The molecule has 1 aromatic carbocycles. The minimum Gasteiger partial charge on any atom is -0.343 e. The second kappa shape index (κ2) is 6.18. The maximum absolute atomic E-state index is 12.3. The average molecular weight is 354 g/mol. The molecule has 0 atom stereocenters. The van der Waals surface area contributed by atoms with Crippen molar-refractivity contribution < 1.29 is 4.79 Å². The topological polar surface area (TPSA) is 59.8 Å². The first kappa shape index (κ1) is 15.0. The first-order chi connectivity index (χ1) is 11.7. The third-order valence-corrected chi connectivity index (χ3v) is 5.37. The Bertz CT molecular complexity index is 1000. The van der Waals surface area contributed by atoms with E-state index in [4.69, 9.17) is 0 Å². The monoisotopic (exact) mass is 354 g/mol. The van der Waals surface area contributed by atoms with Gasteiger partial charge in [0, 0.05) is 23.4 Å². The number of benzene rings is 1. The fraction of sp³-hybridized carbons (Fsp3) is 0.118. The molecule has 1 N–H and O–H groups in total. The highest BCUT2D eigenvalue weighted by atomic mass is 32.1. The summed E-state index contributed by atoms with van der Waals surface area (Å²) in [5.41, 5.74) is 3.48. The number of amides is 1. The highest BCUT2D eigenvalue weighted by Crippen LogP contribution is 2.25. The molecule has 0 saturated carbocycles. The van der Waals surface area contributed by atoms with Crippen molar-refractivity contribution >= 4 is 39.6 Å². The number of aryl methyl sites for hydroxylation is 1. The van der Waals surface area contributed by atoms with Gasteiger partial charge in [-0.3, -0.25) is 4.79 Å². The van der Waals surface area contributed by atoms with E-state index in [1.54, 1.807) is 16.7 Å². The molecule has 7 heteroatoms. The van der Waals surface area contributed by atoms with Crippen molar-refractivity contribution in [2.24, 2.45) is 7.05 Å². The molecule has 0 saturated heterocycles. The van der Waals surface area contributed by atoms with Crippen LogP contribution in [0.1, 0.15) is 16.3 Å². The Morgan fingerprint density at radius 1 is 1.21 bits per heavy atom. The molecular weight excluding hydrogens is 340 g/mol. The van der Waals surface area contributed by atoms with Gasteiger partial charge in [0.05, 0.1) is 17.6 Å². The molecule has 0 aliphatic carbocycles. The standard InChI is InChI=1S/C17H14N4OS2/c1-21-14-5-3-2-4-12(14)19-15(21)8-18-16(22)13-10-24-17(20-13)11-6-7-23-9-11/h2-7,9-10H,8H2,1H3,(H,18,22). The van der Waals surface area contributed by atoms with Crippen LogP contribution in [0.3, 0.4) is 0 Å². The predicted octanol–water partition coefficient (Wildman–Crippen LogP) is 3.69. The molecule has 0 fully saturated rings. The van der Waals surface area contributed by atoms with Gasteiger partial charge >= 0.3 is 0 Å². The van der Waals surface area contributed by atoms with E-state index in [2.05, 4.69) is 15.3 Å². The number of para-hydroxylation sites is 2. The molecule has 0 radical (unpaired) electrons. The molecule has 24 heavy (non-hydrogen) atoms. The van der Waals surface area contributed by atoms with Crippen LogP contribution in [0.25, 0.3) is 21.6 Å². The van der Waals surface area contributed by atoms with Gasteiger partial charge in [-0.15, -0.1) is 11.3 Å². The van der Waals surface area contributed by atoms with E-state index in [-0.39, 0.29) is 5.91 Å². The third-order valence-electron chi connectivity index (χ3n) is 3.79. The van der Waals surface area contributed by atoms with Crippen molar-refractivity contribution in [3.05, 3.63) is 58.0 Å². The number of thiazole rings is 1. The molecule has 5 nitrogen and oxygen atoms in total. The predicted molar refractivity (Wildman–Crippen MR) is 97.3 cm³/mol. The molecular formula is C17H14N4OS2. The Kier molecular flexibility index (Phi) is 3.87. The number of rotatable bonds is 4. The molecule has 4 rings (SSSR count). The summed E-state index contributed by atoms with van der Waals surface area (Å²) in [5.74, 6) is 0.637. The third kappa shape index (κ3) is 2.72. The average Bonchev–Trinajstić information content (AvgIpc) is 3.33. The summed E-state index contributed by atoms with van der Waals surface area (Å²) in [7, 11) is 1.95. The van der Waals surface area contributed by atoms with Crippen molar-refractivity contribution in [3.8, 4) is 10.6 Å². The van der Waals surface area contributed by atoms with Gasteiger partial charge in [-0.05, 0) is 23.6 Å². The van der Waals surface area contributed by atoms with Crippen LogP contribution in [-0.2, 0) is 13.6 Å². The first-order valence-electron chi connectivity index (χ1n) is 7.39. The minimum atomic E-state index is -0.181. The Balaban J connectivity index is 1.49. The van der Waals surface area contributed by atoms with Crippen LogP contribution in [0.4, 0.5) is 0 Å². The van der Waals surface area contributed by atoms with E-state index in [0.29, 0.717) is 12.2 Å². The summed E-state index contributed by atoms with van der Waals surface area (Å²) in [6, 6.07) is 9.92. The fourth-order valence-electron chi connectivity index (χ4n) is 2.50. The van der Waals surface area contributed by atoms with Gasteiger partial charge in [0.15, 0.2) is 0 Å². The maximum atomic E-state index is 12.3. The SMILES string of the molecule is Cn1c(CNC(=O)c2csc(-c3ccsc3)n2)nc2ccccc21. The lowest BCUT2D eigenvalue weighted by molar-refractivity contribution is 0.0945. The van der Waals surface area contributed by atoms with Crippen LogP contribution in [0.2, 0.25) is 0 Å². The molecule has 3 heterocycles. The van der Waals surface area contributed by atoms with Crippen LogP contribution < -0.4 is 5.32 Å². The Labute approximate surface area is 146 Å². The number of fused-ring (bicyclic) bond motifs is 1. The Hall–Kier alpha value is -2.51. The number of carbonyl (C=O) groups is 1. The number of aromatic nitrogens is 3. The lowest BCUT2D eigenvalue weighted by atomic mass is 10.3. The summed E-state index contributed by atoms with van der Waals surface area (Å²) >= 11 is 3.10. The van der Waals surface area contributed by atoms with Crippen molar-refractivity contribution in [1.82, 2.24) is 19.9 Å². The van der Waals surface area contributed by atoms with E-state index in [0.717, 1.165) is 27.4 Å². The summed E-state index contributed by atoms with van der Waals surface area (Å²) in [6.45, 7) is 0.370. The van der Waals surface area contributed by atoms with E-state index in [1.807, 2.05) is 52.7 Å². The number of thiophene rings is 1. The normalized spacial score (nSPS) is 11.0. The van der Waals surface area contributed by atoms with Crippen LogP contribution in [-0.4, -0.2) is 20.4 Å². The van der Waals surface area contributed by atoms with Gasteiger partial charge in [-0.2, -0.15) is 11.3 Å². The van der Waals surface area contributed by atoms with Crippen LogP contribution in [0.5, 0.6) is 0 Å². The van der Waals surface area contributed by atoms with E-state index >= 15 is 0 Å². The van der Waals surface area contributed by atoms with Crippen LogP contribution in [0, 0.1) is 0 Å². The van der Waals surface area contributed by atoms with E-state index in [9.17, 15) is 4.79 Å². The van der Waals surface area contributed by atoms with Gasteiger partial charge in [0.25, 0.3) is 5.91 Å². The van der Waals surface area contributed by atoms with Gasteiger partial charge < -0.3 is 9.88 Å². The summed E-state index contributed by atoms with van der Waals surface area (Å²) in [4.78, 5) is 21.3. The maximum Gasteiger partial charge on any atom is 0.271 e. The molecule has 120 valence electrons. The van der Waals surface area contributed by atoms with Gasteiger partial charge in [-0.1, -0.05) is 12.1 Å². The fourth-order valence-corrected chi connectivity index (χ4v) is 4.01. The van der Waals surface area contributed by atoms with Gasteiger partial charge in [-0.25, -0.2) is 9.97 Å². The van der Waals surface area contributed by atoms with Crippen LogP contribution in [0.15, 0.2) is 46.5 Å². The molecule has 0 aliphatic rings. The van der Waals surface area contributed by atoms with Crippen molar-refractivity contribution in [2.75, 3.05) is 0 Å². The second-order valence-corrected chi connectivity index (χ2v) is 6.95. The molecule has 4 aromatic rings. The quantitative estimate of drug-likeness (QED) is 0.608. The van der Waals surface area contributed by atoms with Gasteiger partial charge in [0.2, 0.25) is 0 Å². The summed E-state index contributed by atoms with van der Waals surface area (Å²) in [6.07, 6.45) is 0. The molecule has 0 bridgehead atoms. The highest BCUT2D eigenvalue weighted by molar-refractivity contribution is 7.14. The van der Waals surface area contributed by atoms with Crippen molar-refractivity contribution in [3.63, 3.8) is 0 Å². The van der Waals surface area contributed by atoms with Crippen molar-refractivity contribution in [2.45, 2.75) is 6.54 Å². The summed E-state index contributed by atoms with van der Waals surface area (Å²) < 4.78 is 1.99. The summed E-state index contributed by atoms with van der Waals surface area (Å²) in [5, 5.41) is 9.58. The number of hydrogen-bond acceptors (Lipinski definition) is 5. The number of hydrogen-bond donors (Lipinski definition) is 1. The first-order valence-corrected chi connectivity index (χ1v) is 9.21. The molecule has 3 aromatic heterocycles. The minimum absolute atomic E-state index is 0.181. The number of carbonyl (C=O) groups excluding carboxylic acids is 1. The second-order valence-electron chi connectivity index (χ2n) is 5.31. The zero-order chi connectivity index (χ0) is 16.5. The largest absolute Gasteiger partial charge is 0.343 e.